The highest BCUT2D eigenvalue weighted by Gasteiger charge is 2.19. The van der Waals surface area contributed by atoms with Crippen LogP contribution in [0.15, 0.2) is 18.3 Å². The van der Waals surface area contributed by atoms with Crippen molar-refractivity contribution >= 4 is 6.09 Å². The number of rotatable bonds is 3. The van der Waals surface area contributed by atoms with E-state index in [-0.39, 0.29) is 6.04 Å². The molecule has 1 aromatic heterocycles. The fourth-order valence-corrected chi connectivity index (χ4v) is 1.51. The normalized spacial score (nSPS) is 12.9. The summed E-state index contributed by atoms with van der Waals surface area (Å²) >= 11 is 0. The molecule has 1 amide bonds. The highest BCUT2D eigenvalue weighted by molar-refractivity contribution is 5.68. The topological polar surface area (TPSA) is 77.2 Å². The molecule has 0 saturated heterocycles. The Morgan fingerprint density at radius 1 is 1.56 bits per heavy atom. The van der Waals surface area contributed by atoms with Crippen LogP contribution in [0.1, 0.15) is 38.1 Å². The SMILES string of the molecule is Cc1cc(C(CN)NC(=O)OC(C)(C)C)ccn1. The molecule has 0 aromatic carbocycles. The molecule has 18 heavy (non-hydrogen) atoms. The number of carbonyl (C=O) groups excluding carboxylic acids is 1. The standard InChI is InChI=1S/C13H21N3O2/c1-9-7-10(5-6-15-9)11(8-14)16-12(17)18-13(2,3)4/h5-7,11H,8,14H2,1-4H3,(H,16,17). The quantitative estimate of drug-likeness (QED) is 0.860. The molecule has 1 atom stereocenters. The molecular weight excluding hydrogens is 230 g/mol. The summed E-state index contributed by atoms with van der Waals surface area (Å²) in [6.45, 7) is 7.66. The number of carbonyl (C=O) groups is 1. The maximum Gasteiger partial charge on any atom is 0.408 e. The monoisotopic (exact) mass is 251 g/mol. The summed E-state index contributed by atoms with van der Waals surface area (Å²) in [6.07, 6.45) is 1.23. The van der Waals surface area contributed by atoms with Crippen LogP contribution in [0.25, 0.3) is 0 Å². The summed E-state index contributed by atoms with van der Waals surface area (Å²) in [4.78, 5) is 15.8. The second kappa shape index (κ2) is 5.82. The number of hydrogen-bond donors (Lipinski definition) is 2. The minimum absolute atomic E-state index is 0.262. The molecule has 1 aromatic rings. The lowest BCUT2D eigenvalue weighted by atomic mass is 10.1. The summed E-state index contributed by atoms with van der Waals surface area (Å²) in [7, 11) is 0. The fraction of sp³-hybridized carbons (Fsp3) is 0.538. The molecule has 0 fully saturated rings. The number of hydrogen-bond acceptors (Lipinski definition) is 4. The zero-order chi connectivity index (χ0) is 13.8. The van der Waals surface area contributed by atoms with Gasteiger partial charge in [0, 0.05) is 18.4 Å². The first-order valence-electron chi connectivity index (χ1n) is 5.94. The van der Waals surface area contributed by atoms with Crippen molar-refractivity contribution in [3.63, 3.8) is 0 Å². The highest BCUT2D eigenvalue weighted by atomic mass is 16.6. The van der Waals surface area contributed by atoms with E-state index in [0.29, 0.717) is 6.54 Å². The van der Waals surface area contributed by atoms with Crippen molar-refractivity contribution in [2.24, 2.45) is 5.73 Å². The molecule has 0 aliphatic heterocycles. The summed E-state index contributed by atoms with van der Waals surface area (Å²) in [5, 5.41) is 2.75. The number of nitrogens with one attached hydrogen (secondary N) is 1. The molecule has 100 valence electrons. The number of nitrogens with two attached hydrogens (primary N) is 1. The number of nitrogens with zero attached hydrogens (tertiary/aromatic N) is 1. The summed E-state index contributed by atoms with van der Waals surface area (Å²) in [6, 6.07) is 3.47. The number of amides is 1. The Balaban J connectivity index is 2.71. The van der Waals surface area contributed by atoms with Gasteiger partial charge >= 0.3 is 6.09 Å². The fourth-order valence-electron chi connectivity index (χ4n) is 1.51. The lowest BCUT2D eigenvalue weighted by molar-refractivity contribution is 0.0505. The van der Waals surface area contributed by atoms with Gasteiger partial charge in [-0.1, -0.05) is 0 Å². The van der Waals surface area contributed by atoms with Crippen molar-refractivity contribution in [2.75, 3.05) is 6.54 Å². The Morgan fingerprint density at radius 2 is 2.22 bits per heavy atom. The average molecular weight is 251 g/mol. The molecule has 0 radical (unpaired) electrons. The number of ether oxygens (including phenoxy) is 1. The number of alkyl carbamates (subject to hydrolysis) is 1. The third kappa shape index (κ3) is 4.71. The van der Waals surface area contributed by atoms with Gasteiger partial charge in [0.1, 0.15) is 5.60 Å². The lowest BCUT2D eigenvalue weighted by Crippen LogP contribution is -2.37. The summed E-state index contributed by atoms with van der Waals surface area (Å²) < 4.78 is 5.20. The minimum atomic E-state index is -0.516. The molecular formula is C13H21N3O2. The van der Waals surface area contributed by atoms with Gasteiger partial charge in [0.15, 0.2) is 0 Å². The summed E-state index contributed by atoms with van der Waals surface area (Å²) in [5.41, 5.74) is 6.97. The first-order chi connectivity index (χ1) is 8.31. The Bertz CT molecular complexity index is 413. The van der Waals surface area contributed by atoms with E-state index in [1.807, 2.05) is 39.8 Å². The first-order valence-corrected chi connectivity index (χ1v) is 5.94. The van der Waals surface area contributed by atoms with Gasteiger partial charge in [0.25, 0.3) is 0 Å². The van der Waals surface area contributed by atoms with Gasteiger partial charge in [0.2, 0.25) is 0 Å². The Kier molecular flexibility index (Phi) is 4.67. The maximum atomic E-state index is 11.7. The van der Waals surface area contributed by atoms with Gasteiger partial charge < -0.3 is 15.8 Å². The van der Waals surface area contributed by atoms with E-state index in [0.717, 1.165) is 11.3 Å². The number of aromatic nitrogens is 1. The molecule has 1 rings (SSSR count). The van der Waals surface area contributed by atoms with Crippen LogP contribution in [0, 0.1) is 6.92 Å². The van der Waals surface area contributed by atoms with Crippen molar-refractivity contribution in [3.8, 4) is 0 Å². The third-order valence-electron chi connectivity index (χ3n) is 2.25. The van der Waals surface area contributed by atoms with Gasteiger partial charge in [-0.05, 0) is 45.4 Å². The van der Waals surface area contributed by atoms with E-state index in [4.69, 9.17) is 10.5 Å². The van der Waals surface area contributed by atoms with E-state index >= 15 is 0 Å². The summed E-state index contributed by atoms with van der Waals surface area (Å²) in [5.74, 6) is 0. The molecule has 5 nitrogen and oxygen atoms in total. The van der Waals surface area contributed by atoms with Crippen molar-refractivity contribution in [1.82, 2.24) is 10.3 Å². The maximum absolute atomic E-state index is 11.7. The average Bonchev–Trinajstić information content (AvgIpc) is 2.23. The van der Waals surface area contributed by atoms with Crippen LogP contribution < -0.4 is 11.1 Å². The zero-order valence-electron chi connectivity index (χ0n) is 11.4. The van der Waals surface area contributed by atoms with Crippen molar-refractivity contribution < 1.29 is 9.53 Å². The second-order valence-electron chi connectivity index (χ2n) is 5.17. The smallest absolute Gasteiger partial charge is 0.408 e. The molecule has 0 aliphatic carbocycles. The van der Waals surface area contributed by atoms with Crippen LogP contribution in [0.3, 0.4) is 0 Å². The van der Waals surface area contributed by atoms with Crippen LogP contribution >= 0.6 is 0 Å². The van der Waals surface area contributed by atoms with Gasteiger partial charge in [-0.15, -0.1) is 0 Å². The van der Waals surface area contributed by atoms with Gasteiger partial charge in [0.05, 0.1) is 6.04 Å². The largest absolute Gasteiger partial charge is 0.444 e. The second-order valence-corrected chi connectivity index (χ2v) is 5.17. The first kappa shape index (κ1) is 14.4. The van der Waals surface area contributed by atoms with Crippen LogP contribution in [-0.4, -0.2) is 23.2 Å². The van der Waals surface area contributed by atoms with Crippen molar-refractivity contribution in [2.45, 2.75) is 39.3 Å². The van der Waals surface area contributed by atoms with E-state index < -0.39 is 11.7 Å². The number of pyridine rings is 1. The predicted octanol–water partition coefficient (Wildman–Crippen LogP) is 1.91. The Hall–Kier alpha value is -1.62. The predicted molar refractivity (Wildman–Crippen MR) is 70.1 cm³/mol. The van der Waals surface area contributed by atoms with Crippen LogP contribution in [0.5, 0.6) is 0 Å². The van der Waals surface area contributed by atoms with Crippen LogP contribution in [-0.2, 0) is 4.74 Å². The van der Waals surface area contributed by atoms with Gasteiger partial charge in [-0.25, -0.2) is 4.79 Å². The minimum Gasteiger partial charge on any atom is -0.444 e. The molecule has 1 unspecified atom stereocenters. The zero-order valence-corrected chi connectivity index (χ0v) is 11.4. The van der Waals surface area contributed by atoms with E-state index in [1.165, 1.54) is 0 Å². The molecule has 1 heterocycles. The van der Waals surface area contributed by atoms with Crippen molar-refractivity contribution in [1.29, 1.82) is 0 Å². The number of aryl methyl sites for hydroxylation is 1. The highest BCUT2D eigenvalue weighted by Crippen LogP contribution is 2.13. The Morgan fingerprint density at radius 3 is 2.72 bits per heavy atom. The molecule has 0 bridgehead atoms. The van der Waals surface area contributed by atoms with E-state index in [1.54, 1.807) is 6.20 Å². The lowest BCUT2D eigenvalue weighted by Gasteiger charge is -2.23. The molecule has 0 spiro atoms. The van der Waals surface area contributed by atoms with E-state index in [9.17, 15) is 4.79 Å². The third-order valence-corrected chi connectivity index (χ3v) is 2.25. The van der Waals surface area contributed by atoms with Gasteiger partial charge in [-0.2, -0.15) is 0 Å². The Labute approximate surface area is 108 Å². The van der Waals surface area contributed by atoms with Crippen LogP contribution in [0.4, 0.5) is 4.79 Å². The molecule has 0 aliphatic rings. The van der Waals surface area contributed by atoms with E-state index in [2.05, 4.69) is 10.3 Å². The van der Waals surface area contributed by atoms with Crippen molar-refractivity contribution in [3.05, 3.63) is 29.6 Å². The molecule has 0 saturated carbocycles. The van der Waals surface area contributed by atoms with Crippen LogP contribution in [0.2, 0.25) is 0 Å². The molecule has 5 heteroatoms. The molecule has 3 N–H and O–H groups in total. The van der Waals surface area contributed by atoms with Gasteiger partial charge in [-0.3, -0.25) is 4.98 Å².